The van der Waals surface area contributed by atoms with Crippen LogP contribution in [0.2, 0.25) is 0 Å². The molecule has 4 heteroatoms. The standard InChI is InChI=1S/C11H17NO3/c1-2-3-10(15)11(12)7-4-8(13)6-9(14)5-7/h4-6,10-11,13-15H,2-3,12H2,1H3/t10-,11+/m0/s1. The van der Waals surface area contributed by atoms with Crippen molar-refractivity contribution in [3.8, 4) is 11.5 Å². The molecule has 15 heavy (non-hydrogen) atoms. The lowest BCUT2D eigenvalue weighted by molar-refractivity contribution is 0.134. The molecule has 0 aromatic heterocycles. The molecule has 0 fully saturated rings. The Bertz CT molecular complexity index is 307. The Morgan fingerprint density at radius 2 is 1.73 bits per heavy atom. The third-order valence-electron chi connectivity index (χ3n) is 2.31. The predicted octanol–water partition coefficient (Wildman–Crippen LogP) is 1.26. The van der Waals surface area contributed by atoms with Crippen molar-refractivity contribution >= 4 is 0 Å². The molecule has 0 saturated heterocycles. The van der Waals surface area contributed by atoms with E-state index < -0.39 is 12.1 Å². The summed E-state index contributed by atoms with van der Waals surface area (Å²) in [4.78, 5) is 0. The minimum Gasteiger partial charge on any atom is -0.508 e. The summed E-state index contributed by atoms with van der Waals surface area (Å²) >= 11 is 0. The molecule has 0 aliphatic heterocycles. The van der Waals surface area contributed by atoms with Gasteiger partial charge in [-0.05, 0) is 24.1 Å². The van der Waals surface area contributed by atoms with Gasteiger partial charge in [0, 0.05) is 6.07 Å². The lowest BCUT2D eigenvalue weighted by Gasteiger charge is -2.18. The van der Waals surface area contributed by atoms with Crippen LogP contribution in [-0.2, 0) is 0 Å². The van der Waals surface area contributed by atoms with Gasteiger partial charge in [0.15, 0.2) is 0 Å². The van der Waals surface area contributed by atoms with E-state index in [-0.39, 0.29) is 11.5 Å². The summed E-state index contributed by atoms with van der Waals surface area (Å²) < 4.78 is 0. The fourth-order valence-electron chi connectivity index (χ4n) is 1.51. The van der Waals surface area contributed by atoms with E-state index in [4.69, 9.17) is 5.73 Å². The van der Waals surface area contributed by atoms with Crippen LogP contribution in [0.4, 0.5) is 0 Å². The fourth-order valence-corrected chi connectivity index (χ4v) is 1.51. The van der Waals surface area contributed by atoms with Crippen LogP contribution in [0.25, 0.3) is 0 Å². The second-order valence-electron chi connectivity index (χ2n) is 3.66. The van der Waals surface area contributed by atoms with Crippen molar-refractivity contribution in [2.24, 2.45) is 5.73 Å². The lowest BCUT2D eigenvalue weighted by Crippen LogP contribution is -2.25. The Labute approximate surface area is 89.0 Å². The molecule has 2 atom stereocenters. The molecule has 0 amide bonds. The second kappa shape index (κ2) is 5.00. The van der Waals surface area contributed by atoms with E-state index in [1.165, 1.54) is 18.2 Å². The quantitative estimate of drug-likeness (QED) is 0.604. The number of benzene rings is 1. The van der Waals surface area contributed by atoms with E-state index >= 15 is 0 Å². The topological polar surface area (TPSA) is 86.7 Å². The summed E-state index contributed by atoms with van der Waals surface area (Å²) in [5, 5.41) is 28.2. The number of hydrogen-bond acceptors (Lipinski definition) is 4. The second-order valence-corrected chi connectivity index (χ2v) is 3.66. The molecule has 0 unspecified atom stereocenters. The van der Waals surface area contributed by atoms with Crippen LogP contribution >= 0.6 is 0 Å². The first-order valence-corrected chi connectivity index (χ1v) is 5.01. The minimum atomic E-state index is -0.656. The first-order chi connectivity index (χ1) is 7.04. The van der Waals surface area contributed by atoms with E-state index in [2.05, 4.69) is 0 Å². The van der Waals surface area contributed by atoms with Gasteiger partial charge in [0.05, 0.1) is 12.1 Å². The number of aliphatic hydroxyl groups is 1. The summed E-state index contributed by atoms with van der Waals surface area (Å²) in [6.07, 6.45) is 0.772. The van der Waals surface area contributed by atoms with E-state index in [9.17, 15) is 15.3 Å². The number of aromatic hydroxyl groups is 2. The fraction of sp³-hybridized carbons (Fsp3) is 0.455. The van der Waals surface area contributed by atoms with Crippen LogP contribution in [-0.4, -0.2) is 21.4 Å². The Morgan fingerprint density at radius 1 is 1.20 bits per heavy atom. The van der Waals surface area contributed by atoms with Crippen LogP contribution in [0.5, 0.6) is 11.5 Å². The smallest absolute Gasteiger partial charge is 0.119 e. The molecular formula is C11H17NO3. The summed E-state index contributed by atoms with van der Waals surface area (Å²) in [6.45, 7) is 1.95. The summed E-state index contributed by atoms with van der Waals surface area (Å²) in [5.41, 5.74) is 6.33. The van der Waals surface area contributed by atoms with E-state index in [0.717, 1.165) is 6.42 Å². The normalized spacial score (nSPS) is 14.9. The molecule has 0 saturated carbocycles. The van der Waals surface area contributed by atoms with E-state index in [1.807, 2.05) is 6.92 Å². The molecule has 5 N–H and O–H groups in total. The predicted molar refractivity (Wildman–Crippen MR) is 57.6 cm³/mol. The average Bonchev–Trinajstić information content (AvgIpc) is 2.15. The van der Waals surface area contributed by atoms with Gasteiger partial charge in [-0.25, -0.2) is 0 Å². The highest BCUT2D eigenvalue weighted by Gasteiger charge is 2.16. The van der Waals surface area contributed by atoms with Crippen molar-refractivity contribution in [2.75, 3.05) is 0 Å². The van der Waals surface area contributed by atoms with Gasteiger partial charge in [-0.2, -0.15) is 0 Å². The molecule has 0 heterocycles. The van der Waals surface area contributed by atoms with Crippen molar-refractivity contribution in [3.05, 3.63) is 23.8 Å². The molecular weight excluding hydrogens is 194 g/mol. The van der Waals surface area contributed by atoms with Crippen molar-refractivity contribution < 1.29 is 15.3 Å². The van der Waals surface area contributed by atoms with Crippen LogP contribution in [0.3, 0.4) is 0 Å². The molecule has 1 aromatic rings. The Morgan fingerprint density at radius 3 is 2.20 bits per heavy atom. The number of rotatable bonds is 4. The van der Waals surface area contributed by atoms with Gasteiger partial charge in [0.25, 0.3) is 0 Å². The molecule has 1 aromatic carbocycles. The highest BCUT2D eigenvalue weighted by atomic mass is 16.3. The lowest BCUT2D eigenvalue weighted by atomic mass is 9.99. The van der Waals surface area contributed by atoms with Gasteiger partial charge in [0.2, 0.25) is 0 Å². The third kappa shape index (κ3) is 3.11. The third-order valence-corrected chi connectivity index (χ3v) is 2.31. The van der Waals surface area contributed by atoms with Gasteiger partial charge < -0.3 is 21.1 Å². The van der Waals surface area contributed by atoms with Crippen LogP contribution < -0.4 is 5.73 Å². The number of aliphatic hydroxyl groups excluding tert-OH is 1. The zero-order chi connectivity index (χ0) is 11.4. The molecule has 0 radical (unpaired) electrons. The van der Waals surface area contributed by atoms with E-state index in [1.54, 1.807) is 0 Å². The Balaban J connectivity index is 2.85. The van der Waals surface area contributed by atoms with Gasteiger partial charge in [-0.1, -0.05) is 13.3 Å². The highest BCUT2D eigenvalue weighted by Crippen LogP contribution is 2.26. The summed E-state index contributed by atoms with van der Waals surface area (Å²) in [6, 6.07) is 3.54. The number of phenolic OH excluding ortho intramolecular Hbond substituents is 2. The van der Waals surface area contributed by atoms with Gasteiger partial charge in [-0.3, -0.25) is 0 Å². The van der Waals surface area contributed by atoms with Gasteiger partial charge in [0.1, 0.15) is 11.5 Å². The number of phenols is 2. The Hall–Kier alpha value is -1.26. The SMILES string of the molecule is CCC[C@H](O)[C@H](N)c1cc(O)cc(O)c1. The number of nitrogens with two attached hydrogens (primary N) is 1. The zero-order valence-corrected chi connectivity index (χ0v) is 8.72. The molecule has 0 spiro atoms. The van der Waals surface area contributed by atoms with Gasteiger partial charge >= 0.3 is 0 Å². The minimum absolute atomic E-state index is 0.0517. The van der Waals surface area contributed by atoms with E-state index in [0.29, 0.717) is 12.0 Å². The largest absolute Gasteiger partial charge is 0.508 e. The maximum Gasteiger partial charge on any atom is 0.119 e. The first-order valence-electron chi connectivity index (χ1n) is 5.01. The van der Waals surface area contributed by atoms with Crippen LogP contribution in [0.15, 0.2) is 18.2 Å². The molecule has 1 rings (SSSR count). The molecule has 0 aliphatic rings. The van der Waals surface area contributed by atoms with Crippen LogP contribution in [0, 0.1) is 0 Å². The number of hydrogen-bond donors (Lipinski definition) is 4. The molecule has 4 nitrogen and oxygen atoms in total. The average molecular weight is 211 g/mol. The first kappa shape index (κ1) is 11.8. The monoisotopic (exact) mass is 211 g/mol. The summed E-state index contributed by atoms with van der Waals surface area (Å²) in [7, 11) is 0. The molecule has 0 aliphatic carbocycles. The summed E-state index contributed by atoms with van der Waals surface area (Å²) in [5.74, 6) is -0.103. The van der Waals surface area contributed by atoms with Crippen molar-refractivity contribution in [1.82, 2.24) is 0 Å². The maximum absolute atomic E-state index is 9.66. The van der Waals surface area contributed by atoms with Crippen LogP contribution in [0.1, 0.15) is 31.4 Å². The van der Waals surface area contributed by atoms with Gasteiger partial charge in [-0.15, -0.1) is 0 Å². The zero-order valence-electron chi connectivity index (χ0n) is 8.72. The Kier molecular flexibility index (Phi) is 3.94. The molecule has 84 valence electrons. The van der Waals surface area contributed by atoms with Crippen molar-refractivity contribution in [1.29, 1.82) is 0 Å². The molecule has 0 bridgehead atoms. The highest BCUT2D eigenvalue weighted by molar-refractivity contribution is 5.38. The van der Waals surface area contributed by atoms with Crippen molar-refractivity contribution in [3.63, 3.8) is 0 Å². The van der Waals surface area contributed by atoms with Crippen molar-refractivity contribution in [2.45, 2.75) is 31.9 Å². The maximum atomic E-state index is 9.66.